The molecule has 0 aromatic carbocycles. The van der Waals surface area contributed by atoms with Gasteiger partial charge in [-0.3, -0.25) is 19.2 Å². The van der Waals surface area contributed by atoms with Gasteiger partial charge in [-0.2, -0.15) is 0 Å². The van der Waals surface area contributed by atoms with E-state index in [9.17, 15) is 19.2 Å². The third kappa shape index (κ3) is 5.63. The first-order valence-electron chi connectivity index (χ1n) is 8.99. The van der Waals surface area contributed by atoms with Crippen LogP contribution in [0.2, 0.25) is 0 Å². The van der Waals surface area contributed by atoms with Gasteiger partial charge < -0.3 is 14.5 Å². The lowest BCUT2D eigenvalue weighted by molar-refractivity contribution is -0.154. The highest BCUT2D eigenvalue weighted by molar-refractivity contribution is 6.38. The molecule has 0 aromatic heterocycles. The van der Waals surface area contributed by atoms with Crippen LogP contribution in [0.15, 0.2) is 0 Å². The summed E-state index contributed by atoms with van der Waals surface area (Å²) in [4.78, 5) is 53.2. The monoisotopic (exact) mass is 354 g/mol. The molecule has 1 aliphatic heterocycles. The maximum absolute atomic E-state index is 12.8. The van der Waals surface area contributed by atoms with Crippen molar-refractivity contribution in [2.24, 2.45) is 11.8 Å². The molecule has 1 heterocycles. The van der Waals surface area contributed by atoms with Crippen LogP contribution in [0.3, 0.4) is 0 Å². The lowest BCUT2D eigenvalue weighted by Gasteiger charge is -2.30. The molecule has 0 saturated carbocycles. The molecule has 2 atom stereocenters. The summed E-state index contributed by atoms with van der Waals surface area (Å²) in [6.45, 7) is 5.20. The van der Waals surface area contributed by atoms with Crippen molar-refractivity contribution in [1.82, 2.24) is 9.80 Å². The fraction of sp³-hybridized carbons (Fsp3) is 0.778. The molecule has 0 radical (unpaired) electrons. The zero-order chi connectivity index (χ0) is 19.0. The van der Waals surface area contributed by atoms with Gasteiger partial charge in [0.15, 0.2) is 0 Å². The summed E-state index contributed by atoms with van der Waals surface area (Å²) in [5.41, 5.74) is 0. The number of amides is 2. The van der Waals surface area contributed by atoms with Crippen molar-refractivity contribution >= 4 is 23.4 Å². The van der Waals surface area contributed by atoms with Crippen LogP contribution in [0.4, 0.5) is 0 Å². The normalized spacial score (nSPS) is 16.9. The predicted molar refractivity (Wildman–Crippen MR) is 92.9 cm³/mol. The molecule has 1 aliphatic rings. The average Bonchev–Trinajstić information content (AvgIpc) is 2.62. The zero-order valence-electron chi connectivity index (χ0n) is 15.7. The van der Waals surface area contributed by atoms with Gasteiger partial charge >= 0.3 is 0 Å². The first-order valence-corrected chi connectivity index (χ1v) is 8.99. The van der Waals surface area contributed by atoms with Crippen LogP contribution in [0.5, 0.6) is 0 Å². The van der Waals surface area contributed by atoms with Crippen molar-refractivity contribution in [3.8, 4) is 0 Å². The second-order valence-electron chi connectivity index (χ2n) is 6.56. The van der Waals surface area contributed by atoms with Crippen molar-refractivity contribution in [2.45, 2.75) is 39.5 Å². The number of carbonyl (C=O) groups excluding carboxylic acids is 4. The average molecular weight is 354 g/mol. The summed E-state index contributed by atoms with van der Waals surface area (Å²) < 4.78 is 5.20. The Bertz CT molecular complexity index is 498. The van der Waals surface area contributed by atoms with E-state index in [0.717, 1.165) is 6.42 Å². The fourth-order valence-electron chi connectivity index (χ4n) is 2.97. The Balaban J connectivity index is 3.01. The first kappa shape index (κ1) is 21.3. The van der Waals surface area contributed by atoms with Crippen LogP contribution in [-0.4, -0.2) is 73.6 Å². The van der Waals surface area contributed by atoms with E-state index >= 15 is 0 Å². The second kappa shape index (κ2) is 10.3. The van der Waals surface area contributed by atoms with Crippen LogP contribution >= 0.6 is 0 Å². The summed E-state index contributed by atoms with van der Waals surface area (Å²) in [7, 11) is 3.12. The smallest absolute Gasteiger partial charge is 0.290 e. The summed E-state index contributed by atoms with van der Waals surface area (Å²) in [6, 6.07) is 0. The minimum absolute atomic E-state index is 0.246. The highest BCUT2D eigenvalue weighted by Gasteiger charge is 2.41. The Hall–Kier alpha value is -1.76. The molecule has 0 aromatic rings. The number of carbonyl (C=O) groups is 4. The van der Waals surface area contributed by atoms with Crippen molar-refractivity contribution in [3.05, 3.63) is 0 Å². The number of morpholine rings is 1. The van der Waals surface area contributed by atoms with Crippen molar-refractivity contribution in [2.75, 3.05) is 40.4 Å². The molecule has 0 aliphatic carbocycles. The van der Waals surface area contributed by atoms with E-state index in [1.807, 2.05) is 6.92 Å². The summed E-state index contributed by atoms with van der Waals surface area (Å²) in [5.74, 6) is -3.91. The minimum atomic E-state index is -1.08. The molecule has 0 unspecified atom stereocenters. The standard InChI is InChI=1S/C18H30N2O5/c1-5-7-8-14(21)15(17(23)19(3)4)13(6-2)16(22)18(24)20-9-11-25-12-10-20/h13,15H,5-12H2,1-4H3/t13-,15-/m1/s1. The van der Waals surface area contributed by atoms with E-state index in [-0.39, 0.29) is 18.6 Å². The Morgan fingerprint density at radius 2 is 1.68 bits per heavy atom. The van der Waals surface area contributed by atoms with Gasteiger partial charge in [0, 0.05) is 39.5 Å². The second-order valence-corrected chi connectivity index (χ2v) is 6.56. The van der Waals surface area contributed by atoms with Crippen molar-refractivity contribution < 1.29 is 23.9 Å². The molecule has 0 bridgehead atoms. The number of nitrogens with zero attached hydrogens (tertiary/aromatic N) is 2. The number of unbranched alkanes of at least 4 members (excludes halogenated alkanes) is 1. The van der Waals surface area contributed by atoms with Gasteiger partial charge in [0.1, 0.15) is 11.7 Å². The number of ketones is 2. The lowest BCUT2D eigenvalue weighted by atomic mass is 9.80. The largest absolute Gasteiger partial charge is 0.378 e. The fourth-order valence-corrected chi connectivity index (χ4v) is 2.97. The minimum Gasteiger partial charge on any atom is -0.378 e. The summed E-state index contributed by atoms with van der Waals surface area (Å²) in [5, 5.41) is 0. The van der Waals surface area contributed by atoms with E-state index in [0.29, 0.717) is 32.7 Å². The number of rotatable bonds is 9. The maximum atomic E-state index is 12.8. The molecule has 0 spiro atoms. The highest BCUT2D eigenvalue weighted by Crippen LogP contribution is 2.24. The molecule has 1 fully saturated rings. The number of hydrogen-bond acceptors (Lipinski definition) is 5. The van der Waals surface area contributed by atoms with E-state index in [1.54, 1.807) is 21.0 Å². The molecule has 7 heteroatoms. The Morgan fingerprint density at radius 1 is 1.08 bits per heavy atom. The predicted octanol–water partition coefficient (Wildman–Crippen LogP) is 0.904. The SMILES string of the molecule is CCCCC(=O)[C@H](C(=O)N(C)C)[C@@H](CC)C(=O)C(=O)N1CCOCC1. The van der Waals surface area contributed by atoms with Crippen molar-refractivity contribution in [3.63, 3.8) is 0 Å². The van der Waals surface area contributed by atoms with Gasteiger partial charge in [0.2, 0.25) is 11.7 Å². The molecule has 25 heavy (non-hydrogen) atoms. The third-order valence-corrected chi connectivity index (χ3v) is 4.52. The van der Waals surface area contributed by atoms with Gasteiger partial charge in [0.05, 0.1) is 13.2 Å². The van der Waals surface area contributed by atoms with Gasteiger partial charge in [0.25, 0.3) is 5.91 Å². The maximum Gasteiger partial charge on any atom is 0.290 e. The van der Waals surface area contributed by atoms with E-state index in [4.69, 9.17) is 4.74 Å². The number of Topliss-reactive ketones (excluding diaryl/α,β-unsaturated/α-hetero) is 2. The van der Waals surface area contributed by atoms with Gasteiger partial charge in [-0.1, -0.05) is 20.3 Å². The Morgan fingerprint density at radius 3 is 2.16 bits per heavy atom. The molecule has 1 saturated heterocycles. The topological polar surface area (TPSA) is 84.0 Å². The summed E-state index contributed by atoms with van der Waals surface area (Å²) in [6.07, 6.45) is 2.01. The molecule has 142 valence electrons. The van der Waals surface area contributed by atoms with E-state index in [2.05, 4.69) is 0 Å². The molecular weight excluding hydrogens is 324 g/mol. The molecule has 0 N–H and O–H groups in total. The lowest BCUT2D eigenvalue weighted by Crippen LogP contribution is -2.49. The van der Waals surface area contributed by atoms with Gasteiger partial charge in [-0.25, -0.2) is 0 Å². The van der Waals surface area contributed by atoms with Gasteiger partial charge in [-0.05, 0) is 12.8 Å². The van der Waals surface area contributed by atoms with Gasteiger partial charge in [-0.15, -0.1) is 0 Å². The summed E-state index contributed by atoms with van der Waals surface area (Å²) >= 11 is 0. The number of hydrogen-bond donors (Lipinski definition) is 0. The Kier molecular flexibility index (Phi) is 8.75. The number of ether oxygens (including phenoxy) is 1. The van der Waals surface area contributed by atoms with E-state index < -0.39 is 29.4 Å². The van der Waals surface area contributed by atoms with Crippen LogP contribution in [0.1, 0.15) is 39.5 Å². The van der Waals surface area contributed by atoms with Crippen LogP contribution in [0, 0.1) is 11.8 Å². The quantitative estimate of drug-likeness (QED) is 0.454. The molecule has 1 rings (SSSR count). The molecular formula is C18H30N2O5. The molecule has 7 nitrogen and oxygen atoms in total. The molecule has 2 amide bonds. The Labute approximate surface area is 149 Å². The first-order chi connectivity index (χ1) is 11.8. The van der Waals surface area contributed by atoms with Crippen LogP contribution < -0.4 is 0 Å². The zero-order valence-corrected chi connectivity index (χ0v) is 15.7. The van der Waals surface area contributed by atoms with Crippen molar-refractivity contribution in [1.29, 1.82) is 0 Å². The van der Waals surface area contributed by atoms with Crippen LogP contribution in [-0.2, 0) is 23.9 Å². The third-order valence-electron chi connectivity index (χ3n) is 4.52. The highest BCUT2D eigenvalue weighted by atomic mass is 16.5. The van der Waals surface area contributed by atoms with Crippen LogP contribution in [0.25, 0.3) is 0 Å². The van der Waals surface area contributed by atoms with E-state index in [1.165, 1.54) is 9.80 Å².